The first kappa shape index (κ1) is 14.7. The van der Waals surface area contributed by atoms with Crippen molar-refractivity contribution in [3.63, 3.8) is 0 Å². The van der Waals surface area contributed by atoms with Crippen LogP contribution < -0.4 is 5.32 Å². The van der Waals surface area contributed by atoms with Gasteiger partial charge in [0, 0.05) is 25.1 Å². The lowest BCUT2D eigenvalue weighted by Gasteiger charge is -2.10. The van der Waals surface area contributed by atoms with E-state index in [2.05, 4.69) is 5.32 Å². The smallest absolute Gasteiger partial charge is 0.292 e. The second-order valence-corrected chi connectivity index (χ2v) is 4.88. The highest BCUT2D eigenvalue weighted by molar-refractivity contribution is 5.62. The van der Waals surface area contributed by atoms with E-state index in [1.807, 2.05) is 6.92 Å². The maximum atomic E-state index is 10.9. The van der Waals surface area contributed by atoms with Crippen LogP contribution >= 0.6 is 0 Å². The normalized spacial score (nSPS) is 18.1. The third kappa shape index (κ3) is 3.91. The molecular weight excluding hydrogens is 260 g/mol. The van der Waals surface area contributed by atoms with Gasteiger partial charge in [-0.15, -0.1) is 0 Å². The first-order chi connectivity index (χ1) is 9.70. The molecule has 1 aliphatic rings. The second-order valence-electron chi connectivity index (χ2n) is 4.88. The average molecular weight is 280 g/mol. The van der Waals surface area contributed by atoms with Crippen LogP contribution in [0.1, 0.15) is 18.9 Å². The van der Waals surface area contributed by atoms with Gasteiger partial charge < -0.3 is 14.8 Å². The Kier molecular flexibility index (Phi) is 5.31. The third-order valence-electron chi connectivity index (χ3n) is 3.27. The molecule has 1 heterocycles. The number of nitrogens with one attached hydrogen (secondary N) is 1. The van der Waals surface area contributed by atoms with Gasteiger partial charge in [0.1, 0.15) is 5.69 Å². The predicted molar refractivity (Wildman–Crippen MR) is 75.8 cm³/mol. The van der Waals surface area contributed by atoms with Crippen molar-refractivity contribution in [2.75, 3.05) is 31.7 Å². The molecule has 1 unspecified atom stereocenters. The first-order valence-corrected chi connectivity index (χ1v) is 6.87. The van der Waals surface area contributed by atoms with Crippen molar-refractivity contribution >= 4 is 11.4 Å². The minimum absolute atomic E-state index is 0.0970. The van der Waals surface area contributed by atoms with Crippen molar-refractivity contribution in [2.24, 2.45) is 5.92 Å². The summed E-state index contributed by atoms with van der Waals surface area (Å²) in [7, 11) is 0. The van der Waals surface area contributed by atoms with Crippen molar-refractivity contribution in [1.82, 2.24) is 0 Å². The predicted octanol–water partition coefficient (Wildman–Crippen LogP) is 2.58. The fraction of sp³-hybridized carbons (Fsp3) is 0.571. The van der Waals surface area contributed by atoms with Crippen LogP contribution in [0.3, 0.4) is 0 Å². The molecule has 2 rings (SSSR count). The Bertz CT molecular complexity index is 458. The summed E-state index contributed by atoms with van der Waals surface area (Å²) >= 11 is 0. The zero-order valence-electron chi connectivity index (χ0n) is 11.6. The highest BCUT2D eigenvalue weighted by Crippen LogP contribution is 2.25. The number of hydrogen-bond acceptors (Lipinski definition) is 5. The summed E-state index contributed by atoms with van der Waals surface area (Å²) in [4.78, 5) is 10.5. The van der Waals surface area contributed by atoms with Crippen LogP contribution in [0.15, 0.2) is 18.2 Å². The lowest BCUT2D eigenvalue weighted by atomic mass is 10.1. The van der Waals surface area contributed by atoms with Crippen molar-refractivity contribution in [3.05, 3.63) is 33.9 Å². The standard InChI is InChI=1S/C14H20N2O4/c1-2-15-13-7-11(3-4-14(13)16(17)18)8-20-10-12-5-6-19-9-12/h3-4,7,12,15H,2,5-6,8-10H2,1H3. The Morgan fingerprint density at radius 2 is 2.40 bits per heavy atom. The molecule has 0 radical (unpaired) electrons. The fourth-order valence-electron chi connectivity index (χ4n) is 2.22. The molecule has 1 fully saturated rings. The maximum absolute atomic E-state index is 10.9. The van der Waals surface area contributed by atoms with Crippen molar-refractivity contribution in [1.29, 1.82) is 0 Å². The number of rotatable bonds is 7. The van der Waals surface area contributed by atoms with Crippen LogP contribution in [-0.4, -0.2) is 31.3 Å². The van der Waals surface area contributed by atoms with Crippen LogP contribution in [0.5, 0.6) is 0 Å². The number of nitro benzene ring substituents is 1. The van der Waals surface area contributed by atoms with Crippen LogP contribution in [0.4, 0.5) is 11.4 Å². The summed E-state index contributed by atoms with van der Waals surface area (Å²) < 4.78 is 10.9. The van der Waals surface area contributed by atoms with Gasteiger partial charge in [0.05, 0.1) is 24.7 Å². The molecule has 1 aromatic carbocycles. The second kappa shape index (κ2) is 7.21. The number of nitrogens with zero attached hydrogens (tertiary/aromatic N) is 1. The number of benzene rings is 1. The average Bonchev–Trinajstić information content (AvgIpc) is 2.92. The summed E-state index contributed by atoms with van der Waals surface area (Å²) in [5.41, 5.74) is 1.58. The molecule has 0 spiro atoms. The monoisotopic (exact) mass is 280 g/mol. The molecular formula is C14H20N2O4. The number of anilines is 1. The van der Waals surface area contributed by atoms with E-state index in [9.17, 15) is 10.1 Å². The lowest BCUT2D eigenvalue weighted by molar-refractivity contribution is -0.384. The largest absolute Gasteiger partial charge is 0.381 e. The van der Waals surface area contributed by atoms with Crippen LogP contribution in [0, 0.1) is 16.0 Å². The van der Waals surface area contributed by atoms with Crippen molar-refractivity contribution < 1.29 is 14.4 Å². The van der Waals surface area contributed by atoms with E-state index < -0.39 is 0 Å². The van der Waals surface area contributed by atoms with E-state index in [1.165, 1.54) is 6.07 Å². The van der Waals surface area contributed by atoms with Gasteiger partial charge in [0.25, 0.3) is 5.69 Å². The zero-order chi connectivity index (χ0) is 14.4. The Hall–Kier alpha value is -1.66. The van der Waals surface area contributed by atoms with Crippen LogP contribution in [0.25, 0.3) is 0 Å². The van der Waals surface area contributed by atoms with Gasteiger partial charge in [0.15, 0.2) is 0 Å². The van der Waals surface area contributed by atoms with E-state index in [-0.39, 0.29) is 10.6 Å². The van der Waals surface area contributed by atoms with Crippen LogP contribution in [-0.2, 0) is 16.1 Å². The quantitative estimate of drug-likeness (QED) is 0.614. The van der Waals surface area contributed by atoms with Gasteiger partial charge in [-0.1, -0.05) is 0 Å². The minimum Gasteiger partial charge on any atom is -0.381 e. The Labute approximate surface area is 118 Å². The van der Waals surface area contributed by atoms with E-state index in [1.54, 1.807) is 12.1 Å². The molecule has 0 bridgehead atoms. The van der Waals surface area contributed by atoms with Gasteiger partial charge >= 0.3 is 0 Å². The maximum Gasteiger partial charge on any atom is 0.292 e. The van der Waals surface area contributed by atoms with E-state index in [0.717, 1.165) is 25.2 Å². The molecule has 110 valence electrons. The minimum atomic E-state index is -0.376. The molecule has 0 aliphatic carbocycles. The molecule has 1 aromatic rings. The van der Waals surface area contributed by atoms with Gasteiger partial charge in [-0.2, -0.15) is 0 Å². The fourth-order valence-corrected chi connectivity index (χ4v) is 2.22. The van der Waals surface area contributed by atoms with Crippen molar-refractivity contribution in [3.8, 4) is 0 Å². The summed E-state index contributed by atoms with van der Waals surface area (Å²) in [5, 5.41) is 13.9. The van der Waals surface area contributed by atoms with Crippen LogP contribution in [0.2, 0.25) is 0 Å². The summed E-state index contributed by atoms with van der Waals surface area (Å²) in [6.45, 7) is 5.27. The molecule has 1 N–H and O–H groups in total. The summed E-state index contributed by atoms with van der Waals surface area (Å²) in [6, 6.07) is 5.05. The van der Waals surface area contributed by atoms with E-state index in [0.29, 0.717) is 31.4 Å². The van der Waals surface area contributed by atoms with Gasteiger partial charge in [0.2, 0.25) is 0 Å². The molecule has 0 aromatic heterocycles. The molecule has 1 saturated heterocycles. The Morgan fingerprint density at radius 1 is 1.55 bits per heavy atom. The van der Waals surface area contributed by atoms with Gasteiger partial charge in [-0.05, 0) is 31.0 Å². The zero-order valence-corrected chi connectivity index (χ0v) is 11.6. The lowest BCUT2D eigenvalue weighted by Crippen LogP contribution is -2.09. The molecule has 0 saturated carbocycles. The molecule has 6 heteroatoms. The molecule has 1 aliphatic heterocycles. The van der Waals surface area contributed by atoms with E-state index >= 15 is 0 Å². The molecule has 1 atom stereocenters. The van der Waals surface area contributed by atoms with Gasteiger partial charge in [-0.3, -0.25) is 10.1 Å². The molecule has 20 heavy (non-hydrogen) atoms. The van der Waals surface area contributed by atoms with Crippen molar-refractivity contribution in [2.45, 2.75) is 20.0 Å². The highest BCUT2D eigenvalue weighted by Gasteiger charge is 2.16. The number of nitro groups is 1. The number of ether oxygens (including phenoxy) is 2. The Balaban J connectivity index is 1.93. The summed E-state index contributed by atoms with van der Waals surface area (Å²) in [5.74, 6) is 0.473. The van der Waals surface area contributed by atoms with E-state index in [4.69, 9.17) is 9.47 Å². The summed E-state index contributed by atoms with van der Waals surface area (Å²) in [6.07, 6.45) is 1.04. The highest BCUT2D eigenvalue weighted by atomic mass is 16.6. The molecule has 6 nitrogen and oxygen atoms in total. The molecule has 0 amide bonds. The van der Waals surface area contributed by atoms with Gasteiger partial charge in [-0.25, -0.2) is 0 Å². The Morgan fingerprint density at radius 3 is 3.05 bits per heavy atom. The first-order valence-electron chi connectivity index (χ1n) is 6.87. The number of hydrogen-bond donors (Lipinski definition) is 1. The SMILES string of the molecule is CCNc1cc(COCC2CCOC2)ccc1[N+](=O)[O-]. The third-order valence-corrected chi connectivity index (χ3v) is 3.27. The topological polar surface area (TPSA) is 73.6 Å².